The van der Waals surface area contributed by atoms with Crippen molar-refractivity contribution in [2.24, 2.45) is 0 Å². The van der Waals surface area contributed by atoms with Gasteiger partial charge < -0.3 is 19.9 Å². The fourth-order valence-corrected chi connectivity index (χ4v) is 4.38. The number of aromatic amines is 1. The quantitative estimate of drug-likeness (QED) is 0.727. The highest BCUT2D eigenvalue weighted by Crippen LogP contribution is 2.41. The summed E-state index contributed by atoms with van der Waals surface area (Å²) in [7, 11) is 1.68. The van der Waals surface area contributed by atoms with Crippen LogP contribution in [0.4, 0.5) is 5.69 Å². The average Bonchev–Trinajstić information content (AvgIpc) is 3.31. The number of carbonyl (C=O) groups is 1. The lowest BCUT2D eigenvalue weighted by Gasteiger charge is -2.32. The zero-order valence-electron chi connectivity index (χ0n) is 16.1. The molecule has 2 N–H and O–H groups in total. The maximum absolute atomic E-state index is 13.2. The molecule has 2 aliphatic rings. The molecule has 0 radical (unpaired) electrons. The summed E-state index contributed by atoms with van der Waals surface area (Å²) in [4.78, 5) is 18.4. The minimum absolute atomic E-state index is 0.0964. The van der Waals surface area contributed by atoms with Gasteiger partial charge in [-0.2, -0.15) is 0 Å². The summed E-state index contributed by atoms with van der Waals surface area (Å²) in [6, 6.07) is 12.2. The SMILES string of the molecule is COc1ccc(C)c2c1NC1C(=C2)CCN1C(=O)Cc1c[nH]c2ccccc12. The Labute approximate surface area is 164 Å². The first-order valence-corrected chi connectivity index (χ1v) is 9.65. The highest BCUT2D eigenvalue weighted by atomic mass is 16.5. The Morgan fingerprint density at radius 3 is 2.96 bits per heavy atom. The monoisotopic (exact) mass is 373 g/mol. The van der Waals surface area contributed by atoms with Gasteiger partial charge in [0.1, 0.15) is 11.9 Å². The van der Waals surface area contributed by atoms with Gasteiger partial charge in [-0.25, -0.2) is 0 Å². The standard InChI is InChI=1S/C23H23N3O2/c1-14-7-8-20(28-2)22-18(14)11-15-9-10-26(23(15)25-22)21(27)12-16-13-24-19-6-4-3-5-17(16)19/h3-8,11,13,23-25H,9-10,12H2,1-2H3. The van der Waals surface area contributed by atoms with E-state index in [1.807, 2.05) is 35.4 Å². The Morgan fingerprint density at radius 1 is 1.25 bits per heavy atom. The minimum Gasteiger partial charge on any atom is -0.495 e. The second kappa shape index (κ2) is 6.44. The number of H-pyrrole nitrogens is 1. The number of fused-ring (bicyclic) bond motifs is 3. The molecule has 1 unspecified atom stereocenters. The van der Waals surface area contributed by atoms with Gasteiger partial charge >= 0.3 is 0 Å². The lowest BCUT2D eigenvalue weighted by Crippen LogP contribution is -2.42. The van der Waals surface area contributed by atoms with Crippen molar-refractivity contribution < 1.29 is 9.53 Å². The van der Waals surface area contributed by atoms with Crippen LogP contribution in [-0.4, -0.2) is 35.6 Å². The molecule has 3 aromatic rings. The van der Waals surface area contributed by atoms with Crippen LogP contribution in [0.15, 0.2) is 48.2 Å². The fourth-order valence-electron chi connectivity index (χ4n) is 4.38. The summed E-state index contributed by atoms with van der Waals surface area (Å²) in [6.45, 7) is 2.84. The van der Waals surface area contributed by atoms with Gasteiger partial charge in [-0.1, -0.05) is 24.3 Å². The highest BCUT2D eigenvalue weighted by Gasteiger charge is 2.36. The van der Waals surface area contributed by atoms with E-state index in [1.54, 1.807) is 7.11 Å². The van der Waals surface area contributed by atoms with Crippen LogP contribution in [0.1, 0.15) is 23.1 Å². The van der Waals surface area contributed by atoms with E-state index in [1.165, 1.54) is 11.1 Å². The Bertz CT molecular complexity index is 1110. The molecule has 2 aromatic carbocycles. The van der Waals surface area contributed by atoms with E-state index in [0.29, 0.717) is 6.42 Å². The first kappa shape index (κ1) is 16.9. The van der Waals surface area contributed by atoms with Crippen molar-refractivity contribution in [2.45, 2.75) is 25.9 Å². The van der Waals surface area contributed by atoms with Gasteiger partial charge in [0.2, 0.25) is 5.91 Å². The third-order valence-corrected chi connectivity index (χ3v) is 5.90. The number of benzene rings is 2. The highest BCUT2D eigenvalue weighted by molar-refractivity contribution is 5.90. The number of nitrogens with one attached hydrogen (secondary N) is 2. The first-order chi connectivity index (χ1) is 13.7. The molecule has 1 atom stereocenters. The zero-order chi connectivity index (χ0) is 19.3. The minimum atomic E-state index is -0.0964. The number of likely N-dealkylation sites (tertiary alicyclic amines) is 1. The van der Waals surface area contributed by atoms with Gasteiger partial charge in [0.05, 0.1) is 19.2 Å². The fraction of sp³-hybridized carbons (Fsp3) is 0.261. The van der Waals surface area contributed by atoms with Gasteiger partial charge in [-0.15, -0.1) is 0 Å². The van der Waals surface area contributed by atoms with Crippen LogP contribution in [0.2, 0.25) is 0 Å². The second-order valence-electron chi connectivity index (χ2n) is 7.51. The van der Waals surface area contributed by atoms with Crippen molar-refractivity contribution in [2.75, 3.05) is 19.0 Å². The molecule has 1 aromatic heterocycles. The predicted molar refractivity (Wildman–Crippen MR) is 111 cm³/mol. The molecule has 0 bridgehead atoms. The molecule has 3 heterocycles. The number of aryl methyl sites for hydroxylation is 1. The Morgan fingerprint density at radius 2 is 2.11 bits per heavy atom. The number of amides is 1. The van der Waals surface area contributed by atoms with Crippen LogP contribution in [0, 0.1) is 6.92 Å². The number of carbonyl (C=O) groups excluding carboxylic acids is 1. The number of rotatable bonds is 3. The molecule has 142 valence electrons. The van der Waals surface area contributed by atoms with Crippen LogP contribution in [0.5, 0.6) is 5.75 Å². The summed E-state index contributed by atoms with van der Waals surface area (Å²) in [5, 5.41) is 4.69. The van der Waals surface area contributed by atoms with E-state index in [-0.39, 0.29) is 12.1 Å². The van der Waals surface area contributed by atoms with Crippen LogP contribution in [-0.2, 0) is 11.2 Å². The van der Waals surface area contributed by atoms with Gasteiger partial charge in [-0.05, 0) is 48.3 Å². The molecule has 0 saturated carbocycles. The van der Waals surface area contributed by atoms with Crippen molar-refractivity contribution in [3.05, 3.63) is 64.9 Å². The summed E-state index contributed by atoms with van der Waals surface area (Å²) < 4.78 is 5.55. The number of methoxy groups -OCH3 is 1. The predicted octanol–water partition coefficient (Wildman–Crippen LogP) is 4.09. The molecule has 1 saturated heterocycles. The number of anilines is 1. The van der Waals surface area contributed by atoms with Crippen LogP contribution in [0.25, 0.3) is 17.0 Å². The molecule has 1 fully saturated rings. The second-order valence-corrected chi connectivity index (χ2v) is 7.51. The molecule has 5 rings (SSSR count). The topological polar surface area (TPSA) is 57.4 Å². The van der Waals surface area contributed by atoms with Crippen molar-refractivity contribution >= 4 is 28.6 Å². The molecule has 0 spiro atoms. The molecule has 0 aliphatic carbocycles. The zero-order valence-corrected chi connectivity index (χ0v) is 16.1. The average molecular weight is 373 g/mol. The Kier molecular flexibility index (Phi) is 3.90. The van der Waals surface area contributed by atoms with Gasteiger partial charge in [0.15, 0.2) is 0 Å². The van der Waals surface area contributed by atoms with E-state index in [9.17, 15) is 4.79 Å². The van der Waals surface area contributed by atoms with Crippen molar-refractivity contribution in [1.29, 1.82) is 0 Å². The third-order valence-electron chi connectivity index (χ3n) is 5.90. The van der Waals surface area contributed by atoms with Crippen LogP contribution < -0.4 is 10.1 Å². The molecular formula is C23H23N3O2. The summed E-state index contributed by atoms with van der Waals surface area (Å²) >= 11 is 0. The van der Waals surface area contributed by atoms with Gasteiger partial charge in [0.25, 0.3) is 0 Å². The third kappa shape index (κ3) is 2.58. The number of ether oxygens (including phenoxy) is 1. The van der Waals surface area contributed by atoms with Crippen molar-refractivity contribution in [3.63, 3.8) is 0 Å². The van der Waals surface area contributed by atoms with E-state index in [4.69, 9.17) is 4.74 Å². The van der Waals surface area contributed by atoms with Crippen LogP contribution >= 0.6 is 0 Å². The number of hydrogen-bond acceptors (Lipinski definition) is 3. The van der Waals surface area contributed by atoms with E-state index >= 15 is 0 Å². The molecule has 5 nitrogen and oxygen atoms in total. The van der Waals surface area contributed by atoms with E-state index in [0.717, 1.165) is 46.4 Å². The van der Waals surface area contributed by atoms with Gasteiger partial charge in [-0.3, -0.25) is 4.79 Å². The summed E-state index contributed by atoms with van der Waals surface area (Å²) in [5.74, 6) is 0.951. The largest absolute Gasteiger partial charge is 0.495 e. The normalized spacial score (nSPS) is 17.7. The molecule has 1 amide bonds. The van der Waals surface area contributed by atoms with Gasteiger partial charge in [0, 0.05) is 29.2 Å². The maximum Gasteiger partial charge on any atom is 0.228 e. The maximum atomic E-state index is 13.2. The Hall–Kier alpha value is -3.21. The Balaban J connectivity index is 1.43. The summed E-state index contributed by atoms with van der Waals surface area (Å²) in [5.41, 5.74) is 6.72. The molecular weight excluding hydrogens is 350 g/mol. The van der Waals surface area contributed by atoms with Crippen molar-refractivity contribution in [1.82, 2.24) is 9.88 Å². The van der Waals surface area contributed by atoms with Crippen LogP contribution in [0.3, 0.4) is 0 Å². The van der Waals surface area contributed by atoms with E-state index in [2.05, 4.69) is 35.4 Å². The molecule has 2 aliphatic heterocycles. The van der Waals surface area contributed by atoms with E-state index < -0.39 is 0 Å². The number of aromatic nitrogens is 1. The summed E-state index contributed by atoms with van der Waals surface area (Å²) in [6.07, 6.45) is 5.38. The lowest BCUT2D eigenvalue weighted by molar-refractivity contribution is -0.130. The van der Waals surface area contributed by atoms with Crippen molar-refractivity contribution in [3.8, 4) is 5.75 Å². The lowest BCUT2D eigenvalue weighted by atomic mass is 9.97. The number of nitrogens with zero attached hydrogens (tertiary/aromatic N) is 1. The molecule has 5 heteroatoms. The first-order valence-electron chi connectivity index (χ1n) is 9.65. The number of hydrogen-bond donors (Lipinski definition) is 2. The molecule has 28 heavy (non-hydrogen) atoms. The smallest absolute Gasteiger partial charge is 0.228 e. The number of para-hydroxylation sites is 1.